The van der Waals surface area contributed by atoms with Crippen molar-refractivity contribution in [1.82, 2.24) is 0 Å². The summed E-state index contributed by atoms with van der Waals surface area (Å²) in [5, 5.41) is 18.3. The maximum Gasteiger partial charge on any atom is 0.321 e. The lowest BCUT2D eigenvalue weighted by atomic mass is 9.71. The van der Waals surface area contributed by atoms with E-state index >= 15 is 0 Å². The van der Waals surface area contributed by atoms with Gasteiger partial charge in [0.2, 0.25) is 0 Å². The van der Waals surface area contributed by atoms with Gasteiger partial charge in [-0.1, -0.05) is 6.42 Å². The van der Waals surface area contributed by atoms with Gasteiger partial charge in [0.15, 0.2) is 5.41 Å². The van der Waals surface area contributed by atoms with Crippen LogP contribution in [0, 0.1) is 16.2 Å². The molecule has 4 nitrogen and oxygen atoms in total. The lowest BCUT2D eigenvalue weighted by Crippen LogP contribution is -2.45. The van der Waals surface area contributed by atoms with Crippen LogP contribution in [-0.2, 0) is 9.59 Å². The largest absolute Gasteiger partial charge is 0.480 e. The van der Waals surface area contributed by atoms with Crippen molar-refractivity contribution in [3.8, 4) is 0 Å². The molecule has 3 fully saturated rings. The van der Waals surface area contributed by atoms with Crippen molar-refractivity contribution < 1.29 is 19.8 Å². The van der Waals surface area contributed by atoms with E-state index in [9.17, 15) is 9.59 Å². The first-order valence-corrected chi connectivity index (χ1v) is 4.98. The molecular formula is C10H12O4. The van der Waals surface area contributed by atoms with E-state index in [1.807, 2.05) is 0 Å². The fourth-order valence-electron chi connectivity index (χ4n) is 3.83. The van der Waals surface area contributed by atoms with Gasteiger partial charge in [-0.25, -0.2) is 0 Å². The molecule has 14 heavy (non-hydrogen) atoms. The van der Waals surface area contributed by atoms with E-state index in [-0.39, 0.29) is 10.8 Å². The highest BCUT2D eigenvalue weighted by molar-refractivity contribution is 6.01. The Morgan fingerprint density at radius 2 is 1.57 bits per heavy atom. The smallest absolute Gasteiger partial charge is 0.321 e. The number of carboxylic acid groups (broad SMARTS) is 2. The number of rotatable bonds is 2. The van der Waals surface area contributed by atoms with E-state index in [0.29, 0.717) is 6.42 Å². The summed E-state index contributed by atoms with van der Waals surface area (Å²) in [7, 11) is 0. The number of hydrogen-bond donors (Lipinski definition) is 2. The molecule has 4 heteroatoms. The molecule has 0 aliphatic heterocycles. The molecule has 0 saturated heterocycles. The van der Waals surface area contributed by atoms with E-state index in [1.165, 1.54) is 0 Å². The van der Waals surface area contributed by atoms with Gasteiger partial charge in [-0.3, -0.25) is 9.59 Å². The lowest BCUT2D eigenvalue weighted by Gasteiger charge is -2.29. The highest BCUT2D eigenvalue weighted by Gasteiger charge is 2.93. The Balaban J connectivity index is 2.09. The summed E-state index contributed by atoms with van der Waals surface area (Å²) in [6.07, 6.45) is 3.77. The summed E-state index contributed by atoms with van der Waals surface area (Å²) < 4.78 is 0. The highest BCUT2D eigenvalue weighted by Crippen LogP contribution is 2.95. The summed E-state index contributed by atoms with van der Waals surface area (Å²) in [5.74, 6) is -2.24. The van der Waals surface area contributed by atoms with Crippen LogP contribution in [0.4, 0.5) is 0 Å². The van der Waals surface area contributed by atoms with Crippen molar-refractivity contribution in [3.05, 3.63) is 0 Å². The molecule has 3 aliphatic rings. The van der Waals surface area contributed by atoms with Crippen molar-refractivity contribution in [1.29, 1.82) is 0 Å². The summed E-state index contributed by atoms with van der Waals surface area (Å²) in [5.41, 5.74) is -1.68. The molecular weight excluding hydrogens is 184 g/mol. The van der Waals surface area contributed by atoms with Gasteiger partial charge < -0.3 is 10.2 Å². The van der Waals surface area contributed by atoms with Crippen molar-refractivity contribution >= 4 is 11.9 Å². The zero-order valence-electron chi connectivity index (χ0n) is 7.75. The summed E-state index contributed by atoms with van der Waals surface area (Å²) in [6, 6.07) is 0. The van der Waals surface area contributed by atoms with Gasteiger partial charge in [0.1, 0.15) is 0 Å². The van der Waals surface area contributed by atoms with Crippen LogP contribution in [-0.4, -0.2) is 22.2 Å². The van der Waals surface area contributed by atoms with Gasteiger partial charge in [0, 0.05) is 5.41 Å². The molecule has 0 radical (unpaired) electrons. The van der Waals surface area contributed by atoms with Crippen LogP contribution in [0.1, 0.15) is 32.1 Å². The zero-order chi connectivity index (χ0) is 10.2. The van der Waals surface area contributed by atoms with Crippen molar-refractivity contribution in [2.24, 2.45) is 16.2 Å². The Labute approximate surface area is 80.9 Å². The number of carbonyl (C=O) groups is 2. The average Bonchev–Trinajstić information content (AvgIpc) is 2.85. The zero-order valence-corrected chi connectivity index (χ0v) is 7.75. The van der Waals surface area contributed by atoms with Gasteiger partial charge in [-0.2, -0.15) is 0 Å². The third-order valence-electron chi connectivity index (χ3n) is 4.80. The molecule has 0 aromatic heterocycles. The molecule has 0 atom stereocenters. The predicted molar refractivity (Wildman–Crippen MR) is 45.7 cm³/mol. The Bertz CT molecular complexity index is 337. The molecule has 3 aliphatic carbocycles. The first-order chi connectivity index (χ1) is 6.51. The molecule has 0 aromatic rings. The van der Waals surface area contributed by atoms with Crippen LogP contribution >= 0.6 is 0 Å². The average molecular weight is 196 g/mol. The molecule has 0 spiro atoms. The quantitative estimate of drug-likeness (QED) is 0.648. The second-order valence-electron chi connectivity index (χ2n) is 5.09. The molecule has 3 saturated carbocycles. The van der Waals surface area contributed by atoms with E-state index in [4.69, 9.17) is 10.2 Å². The van der Waals surface area contributed by atoms with Gasteiger partial charge in [-0.15, -0.1) is 0 Å². The van der Waals surface area contributed by atoms with Crippen molar-refractivity contribution in [3.63, 3.8) is 0 Å². The Hall–Kier alpha value is -1.06. The van der Waals surface area contributed by atoms with Gasteiger partial charge in [-0.05, 0) is 31.1 Å². The van der Waals surface area contributed by atoms with Crippen molar-refractivity contribution in [2.45, 2.75) is 32.1 Å². The van der Waals surface area contributed by atoms with Crippen LogP contribution in [0.15, 0.2) is 0 Å². The second kappa shape index (κ2) is 1.83. The highest BCUT2D eigenvalue weighted by atomic mass is 16.4. The lowest BCUT2D eigenvalue weighted by molar-refractivity contribution is -0.170. The molecule has 0 unspecified atom stereocenters. The fraction of sp³-hybridized carbons (Fsp3) is 0.800. The Morgan fingerprint density at radius 3 is 2.00 bits per heavy atom. The standard InChI is InChI=1S/C10H12O4/c11-6(12)10(7(13)14)3-1-2-8-4-9(8,10)5-8/h1-5H2,(H,11,12)(H,13,14). The third kappa shape index (κ3) is 0.535. The van der Waals surface area contributed by atoms with Gasteiger partial charge >= 0.3 is 11.9 Å². The minimum Gasteiger partial charge on any atom is -0.480 e. The van der Waals surface area contributed by atoms with E-state index in [0.717, 1.165) is 25.7 Å². The molecule has 0 heterocycles. The molecule has 0 amide bonds. The second-order valence-corrected chi connectivity index (χ2v) is 5.09. The van der Waals surface area contributed by atoms with Crippen LogP contribution in [0.3, 0.4) is 0 Å². The minimum absolute atomic E-state index is 0.127. The monoisotopic (exact) mass is 196 g/mol. The first-order valence-electron chi connectivity index (χ1n) is 4.98. The Kier molecular flexibility index (Phi) is 1.08. The van der Waals surface area contributed by atoms with Crippen LogP contribution in [0.25, 0.3) is 0 Å². The third-order valence-corrected chi connectivity index (χ3v) is 4.80. The maximum absolute atomic E-state index is 11.2. The normalized spacial score (nSPS) is 46.0. The molecule has 3 rings (SSSR count). The van der Waals surface area contributed by atoms with Gasteiger partial charge in [0.05, 0.1) is 0 Å². The van der Waals surface area contributed by atoms with E-state index < -0.39 is 17.4 Å². The Morgan fingerprint density at radius 1 is 1.00 bits per heavy atom. The maximum atomic E-state index is 11.2. The fourth-order valence-corrected chi connectivity index (χ4v) is 3.83. The van der Waals surface area contributed by atoms with Crippen molar-refractivity contribution in [2.75, 3.05) is 0 Å². The number of carboxylic acids is 2. The van der Waals surface area contributed by atoms with Crippen LogP contribution in [0.5, 0.6) is 0 Å². The summed E-state index contributed by atoms with van der Waals surface area (Å²) in [4.78, 5) is 22.4. The molecule has 0 bridgehead atoms. The predicted octanol–water partition coefficient (Wildman–Crippen LogP) is 1.11. The number of aliphatic carboxylic acids is 2. The molecule has 0 aromatic carbocycles. The number of hydrogen-bond acceptors (Lipinski definition) is 2. The first kappa shape index (κ1) is 8.26. The van der Waals surface area contributed by atoms with Crippen LogP contribution in [0.2, 0.25) is 0 Å². The van der Waals surface area contributed by atoms with E-state index in [2.05, 4.69) is 0 Å². The van der Waals surface area contributed by atoms with Crippen LogP contribution < -0.4 is 0 Å². The SMILES string of the molecule is O=C(O)C1(C(=O)O)CCCC23CC21C3. The summed E-state index contributed by atoms with van der Waals surface area (Å²) >= 11 is 0. The minimum atomic E-state index is -1.45. The van der Waals surface area contributed by atoms with E-state index in [1.54, 1.807) is 0 Å². The topological polar surface area (TPSA) is 74.6 Å². The molecule has 76 valence electrons. The van der Waals surface area contributed by atoms with Gasteiger partial charge in [0.25, 0.3) is 0 Å². The summed E-state index contributed by atoms with van der Waals surface area (Å²) in [6.45, 7) is 0. The molecule has 2 N–H and O–H groups in total.